The number of carboxylic acids is 1. The summed E-state index contributed by atoms with van der Waals surface area (Å²) in [5, 5.41) is 18.4. The first-order valence-electron chi connectivity index (χ1n) is 13.9. The summed E-state index contributed by atoms with van der Waals surface area (Å²) in [6.45, 7) is 5.99. The number of urea groups is 1. The Balaban J connectivity index is 0.00000253. The minimum absolute atomic E-state index is 0. The van der Waals surface area contributed by atoms with E-state index < -0.39 is 23.9 Å². The zero-order chi connectivity index (χ0) is 29.1. The number of carbonyl (C=O) groups is 3. The van der Waals surface area contributed by atoms with Crippen molar-refractivity contribution in [3.05, 3.63) is 70.8 Å². The van der Waals surface area contributed by atoms with Crippen molar-refractivity contribution >= 4 is 29.3 Å². The van der Waals surface area contributed by atoms with Crippen LogP contribution < -0.4 is 44.3 Å². The van der Waals surface area contributed by atoms with Gasteiger partial charge in [0.2, 0.25) is 6.79 Å². The summed E-state index contributed by atoms with van der Waals surface area (Å²) in [6.07, 6.45) is 4.46. The van der Waals surface area contributed by atoms with Crippen LogP contribution in [0.1, 0.15) is 59.2 Å². The Labute approximate surface area is 263 Å². The maximum absolute atomic E-state index is 13.5. The summed E-state index contributed by atoms with van der Waals surface area (Å²) in [7, 11) is 0. The topological polar surface area (TPSA) is 156 Å². The van der Waals surface area contributed by atoms with Gasteiger partial charge in [-0.25, -0.2) is 9.59 Å². The minimum Gasteiger partial charge on any atom is -0.870 e. The molecular formula is C32H36LiN3O7. The Kier molecular flexibility index (Phi) is 11.3. The molecule has 10 nitrogen and oxygen atoms in total. The third-order valence-electron chi connectivity index (χ3n) is 7.81. The van der Waals surface area contributed by atoms with Crippen LogP contribution >= 0.6 is 0 Å². The van der Waals surface area contributed by atoms with E-state index in [2.05, 4.69) is 16.0 Å². The van der Waals surface area contributed by atoms with Crippen LogP contribution in [-0.4, -0.2) is 41.3 Å². The van der Waals surface area contributed by atoms with Crippen molar-refractivity contribution in [1.82, 2.24) is 5.32 Å². The van der Waals surface area contributed by atoms with Gasteiger partial charge in [-0.2, -0.15) is 0 Å². The first-order valence-corrected chi connectivity index (χ1v) is 13.9. The molecule has 0 bridgehead atoms. The van der Waals surface area contributed by atoms with E-state index in [1.807, 2.05) is 51.1 Å². The van der Waals surface area contributed by atoms with Gasteiger partial charge in [0, 0.05) is 5.69 Å². The van der Waals surface area contributed by atoms with E-state index in [1.165, 1.54) is 0 Å². The van der Waals surface area contributed by atoms with Crippen molar-refractivity contribution in [3.8, 4) is 22.6 Å². The Morgan fingerprint density at radius 3 is 2.14 bits per heavy atom. The van der Waals surface area contributed by atoms with Crippen LogP contribution in [0.15, 0.2) is 48.5 Å². The molecule has 1 aliphatic heterocycles. The minimum atomic E-state index is -1.06. The number of aliphatic carboxylic acids is 1. The Bertz CT molecular complexity index is 1480. The molecule has 0 spiro atoms. The van der Waals surface area contributed by atoms with Gasteiger partial charge < -0.3 is 36.0 Å². The van der Waals surface area contributed by atoms with Crippen LogP contribution in [0.2, 0.25) is 0 Å². The van der Waals surface area contributed by atoms with Crippen LogP contribution in [0.25, 0.3) is 11.1 Å². The van der Waals surface area contributed by atoms with Crippen LogP contribution in [0, 0.1) is 26.7 Å². The molecular weight excluding hydrogens is 545 g/mol. The molecule has 2 aliphatic rings. The summed E-state index contributed by atoms with van der Waals surface area (Å²) < 4.78 is 10.9. The average molecular weight is 582 g/mol. The van der Waals surface area contributed by atoms with Crippen molar-refractivity contribution < 1.29 is 53.3 Å². The number of fused-ring (bicyclic) bond motifs is 1. The van der Waals surface area contributed by atoms with E-state index in [4.69, 9.17) is 9.47 Å². The molecule has 43 heavy (non-hydrogen) atoms. The zero-order valence-electron chi connectivity index (χ0n) is 25.0. The molecule has 3 aromatic carbocycles. The molecule has 1 fully saturated rings. The van der Waals surface area contributed by atoms with Crippen molar-refractivity contribution in [2.24, 2.45) is 5.92 Å². The van der Waals surface area contributed by atoms with E-state index in [0.717, 1.165) is 59.9 Å². The molecule has 0 radical (unpaired) electrons. The fourth-order valence-electron chi connectivity index (χ4n) is 5.81. The predicted molar refractivity (Wildman–Crippen MR) is 159 cm³/mol. The largest absolute Gasteiger partial charge is 1.00 e. The summed E-state index contributed by atoms with van der Waals surface area (Å²) in [4.78, 5) is 38.9. The molecule has 0 saturated heterocycles. The van der Waals surface area contributed by atoms with Gasteiger partial charge in [-0.3, -0.25) is 4.79 Å². The second-order valence-corrected chi connectivity index (χ2v) is 10.9. The number of hydrogen-bond donors (Lipinski definition) is 4. The normalized spacial score (nSPS) is 14.5. The molecule has 1 aliphatic carbocycles. The number of carboxylic acid groups (broad SMARTS) is 1. The second kappa shape index (κ2) is 14.5. The van der Waals surface area contributed by atoms with Crippen molar-refractivity contribution in [2.45, 2.75) is 58.9 Å². The zero-order valence-corrected chi connectivity index (χ0v) is 25.0. The van der Waals surface area contributed by atoms with Gasteiger partial charge in [-0.1, -0.05) is 49.1 Å². The number of amides is 3. The predicted octanol–water partition coefficient (Wildman–Crippen LogP) is 3.24. The van der Waals surface area contributed by atoms with Gasteiger partial charge >= 0.3 is 30.9 Å². The van der Waals surface area contributed by atoms with Gasteiger partial charge in [0.05, 0.1) is 11.3 Å². The van der Waals surface area contributed by atoms with E-state index in [-0.39, 0.29) is 48.3 Å². The second-order valence-electron chi connectivity index (χ2n) is 10.9. The quantitative estimate of drug-likeness (QED) is 0.312. The molecule has 3 aromatic rings. The van der Waals surface area contributed by atoms with Crippen LogP contribution in [0.3, 0.4) is 0 Å². The van der Waals surface area contributed by atoms with Gasteiger partial charge in [-0.05, 0) is 86.1 Å². The van der Waals surface area contributed by atoms with Crippen LogP contribution in [-0.2, 0) is 4.79 Å². The summed E-state index contributed by atoms with van der Waals surface area (Å²) in [5.74, 6) is -0.490. The maximum Gasteiger partial charge on any atom is 1.00 e. The third-order valence-corrected chi connectivity index (χ3v) is 7.81. The van der Waals surface area contributed by atoms with Crippen molar-refractivity contribution in [1.29, 1.82) is 0 Å². The Morgan fingerprint density at radius 2 is 1.47 bits per heavy atom. The smallest absolute Gasteiger partial charge is 0.870 e. The fourth-order valence-corrected chi connectivity index (χ4v) is 5.81. The number of ether oxygens (including phenoxy) is 2. The molecule has 0 aromatic heterocycles. The monoisotopic (exact) mass is 581 g/mol. The molecule has 1 atom stereocenters. The van der Waals surface area contributed by atoms with Gasteiger partial charge in [-0.15, -0.1) is 0 Å². The Hall–Kier alpha value is -3.97. The summed E-state index contributed by atoms with van der Waals surface area (Å²) in [5.41, 5.74) is 5.58. The van der Waals surface area contributed by atoms with Crippen LogP contribution in [0.4, 0.5) is 16.2 Å². The first kappa shape index (κ1) is 33.5. The van der Waals surface area contributed by atoms with Gasteiger partial charge in [0.25, 0.3) is 5.91 Å². The molecule has 5 N–H and O–H groups in total. The molecule has 0 unspecified atom stereocenters. The van der Waals surface area contributed by atoms with Crippen molar-refractivity contribution in [3.63, 3.8) is 0 Å². The van der Waals surface area contributed by atoms with E-state index >= 15 is 0 Å². The SMILES string of the molecule is Cc1cc(C)c(NC(=O)Nc2cc(-c3ccc4c(c3)OCO4)ccc2C(=O)N[C@H](C(=O)O)C2CCCCC2)c(C)c1.[Li+].[OH-]. The number of hydrogen-bond acceptors (Lipinski definition) is 6. The van der Waals surface area contributed by atoms with Crippen molar-refractivity contribution in [2.75, 3.05) is 17.4 Å². The Morgan fingerprint density at radius 1 is 0.837 bits per heavy atom. The van der Waals surface area contributed by atoms with E-state index in [0.29, 0.717) is 17.2 Å². The first-order chi connectivity index (χ1) is 19.7. The summed E-state index contributed by atoms with van der Waals surface area (Å²) in [6, 6.07) is 13.0. The number of nitrogens with one attached hydrogen (secondary N) is 3. The van der Waals surface area contributed by atoms with Gasteiger partial charge in [0.1, 0.15) is 6.04 Å². The molecule has 222 valence electrons. The van der Waals surface area contributed by atoms with Crippen LogP contribution in [0.5, 0.6) is 11.5 Å². The molecule has 3 amide bonds. The maximum atomic E-state index is 13.5. The van der Waals surface area contributed by atoms with Gasteiger partial charge in [0.15, 0.2) is 11.5 Å². The number of aryl methyl sites for hydroxylation is 3. The molecule has 11 heteroatoms. The standard InChI is InChI=1S/C32H35N3O6.Li.H2O/c1-18-13-19(2)28(20(3)14-18)35-32(39)33-25-15-22(23-10-12-26-27(16-23)41-17-40-26)9-11-24(25)30(36)34-29(31(37)38)21-7-5-4-6-8-21;;/h9-16,21,29H,4-8,17H2,1-3H3,(H,34,36)(H,37,38)(H2,33,35,39);;1H2/q;+1;/p-1/t29-;;/m0../s1. The fraction of sp³-hybridized carbons (Fsp3) is 0.344. The van der Waals surface area contributed by atoms with E-state index in [9.17, 15) is 19.5 Å². The molecule has 1 saturated carbocycles. The number of rotatable bonds is 7. The molecule has 5 rings (SSSR count). The number of benzene rings is 3. The third kappa shape index (κ3) is 7.71. The number of carbonyl (C=O) groups excluding carboxylic acids is 2. The van der Waals surface area contributed by atoms with E-state index in [1.54, 1.807) is 18.2 Å². The average Bonchev–Trinajstić information content (AvgIpc) is 3.42. The number of anilines is 2. The molecule has 1 heterocycles. The summed E-state index contributed by atoms with van der Waals surface area (Å²) >= 11 is 0.